The van der Waals surface area contributed by atoms with Crippen LogP contribution in [-0.2, 0) is 6.54 Å². The van der Waals surface area contributed by atoms with Crippen molar-refractivity contribution in [2.75, 3.05) is 38.2 Å². The number of anilines is 1. The van der Waals surface area contributed by atoms with E-state index in [-0.39, 0.29) is 0 Å². The van der Waals surface area contributed by atoms with E-state index in [9.17, 15) is 0 Å². The number of para-hydroxylation sites is 1. The predicted molar refractivity (Wildman–Crippen MR) is 127 cm³/mol. The molecule has 4 nitrogen and oxygen atoms in total. The summed E-state index contributed by atoms with van der Waals surface area (Å²) >= 11 is 0. The van der Waals surface area contributed by atoms with Crippen molar-refractivity contribution in [3.05, 3.63) is 84.1 Å². The van der Waals surface area contributed by atoms with Gasteiger partial charge in [-0.05, 0) is 36.8 Å². The lowest BCUT2D eigenvalue weighted by Crippen LogP contribution is -2.46. The number of piperazine rings is 1. The first-order valence-corrected chi connectivity index (χ1v) is 10.9. The maximum Gasteiger partial charge on any atom is 0.135 e. The largest absolute Gasteiger partial charge is 0.496 e. The zero-order valence-electron chi connectivity index (χ0n) is 18.2. The van der Waals surface area contributed by atoms with Crippen LogP contribution in [0.4, 0.5) is 5.69 Å². The molecule has 31 heavy (non-hydrogen) atoms. The third-order valence-electron chi connectivity index (χ3n) is 6.22. The van der Waals surface area contributed by atoms with Crippen LogP contribution >= 0.6 is 0 Å². The van der Waals surface area contributed by atoms with Crippen LogP contribution in [0.2, 0.25) is 0 Å². The van der Waals surface area contributed by atoms with E-state index < -0.39 is 0 Å². The minimum Gasteiger partial charge on any atom is -0.496 e. The Morgan fingerprint density at radius 3 is 2.23 bits per heavy atom. The van der Waals surface area contributed by atoms with E-state index in [1.54, 1.807) is 7.11 Å². The second-order valence-corrected chi connectivity index (χ2v) is 8.16. The fraction of sp³-hybridized carbons (Fsp3) is 0.259. The molecular formula is C27H28N2O2. The summed E-state index contributed by atoms with van der Waals surface area (Å²) in [7, 11) is 1.76. The summed E-state index contributed by atoms with van der Waals surface area (Å²) in [4.78, 5) is 4.95. The highest BCUT2D eigenvalue weighted by Crippen LogP contribution is 2.38. The SMILES string of the molecule is COc1cc2c(-c3ccccc3)c(C)oc2cc1CN1CCN(c2ccccc2)CC1. The fourth-order valence-electron chi connectivity index (χ4n) is 4.61. The summed E-state index contributed by atoms with van der Waals surface area (Å²) < 4.78 is 12.0. The maximum atomic E-state index is 6.18. The van der Waals surface area contributed by atoms with Gasteiger partial charge < -0.3 is 14.1 Å². The van der Waals surface area contributed by atoms with E-state index in [4.69, 9.17) is 9.15 Å². The average molecular weight is 413 g/mol. The van der Waals surface area contributed by atoms with E-state index in [0.717, 1.165) is 60.8 Å². The molecule has 4 heteroatoms. The zero-order valence-corrected chi connectivity index (χ0v) is 18.2. The molecule has 5 rings (SSSR count). The standard InChI is InChI=1S/C27H28N2O2/c1-20-27(21-9-5-3-6-10-21)24-18-25(30-2)22(17-26(24)31-20)19-28-13-15-29(16-14-28)23-11-7-4-8-12-23/h3-12,17-18H,13-16,19H2,1-2H3. The van der Waals surface area contributed by atoms with Crippen LogP contribution < -0.4 is 9.64 Å². The second-order valence-electron chi connectivity index (χ2n) is 8.16. The first kappa shape index (κ1) is 19.7. The van der Waals surface area contributed by atoms with Crippen molar-refractivity contribution < 1.29 is 9.15 Å². The molecule has 0 radical (unpaired) electrons. The van der Waals surface area contributed by atoms with E-state index in [0.29, 0.717) is 0 Å². The van der Waals surface area contributed by atoms with E-state index in [2.05, 4.69) is 76.5 Å². The number of hydrogen-bond acceptors (Lipinski definition) is 4. The van der Waals surface area contributed by atoms with Gasteiger partial charge in [0.15, 0.2) is 0 Å². The van der Waals surface area contributed by atoms with Crippen LogP contribution in [0.15, 0.2) is 77.2 Å². The van der Waals surface area contributed by atoms with Gasteiger partial charge in [-0.25, -0.2) is 0 Å². The molecule has 1 aliphatic heterocycles. The molecule has 158 valence electrons. The van der Waals surface area contributed by atoms with Crippen molar-refractivity contribution in [1.82, 2.24) is 4.90 Å². The monoisotopic (exact) mass is 412 g/mol. The van der Waals surface area contributed by atoms with Gasteiger partial charge in [0.2, 0.25) is 0 Å². The Labute approximate surface area is 183 Å². The molecule has 0 amide bonds. The van der Waals surface area contributed by atoms with Crippen LogP contribution in [0.25, 0.3) is 22.1 Å². The lowest BCUT2D eigenvalue weighted by Gasteiger charge is -2.36. The topological polar surface area (TPSA) is 28.9 Å². The average Bonchev–Trinajstić information content (AvgIpc) is 3.14. The van der Waals surface area contributed by atoms with Gasteiger partial charge in [0.25, 0.3) is 0 Å². The number of hydrogen-bond donors (Lipinski definition) is 0. The van der Waals surface area contributed by atoms with Gasteiger partial charge in [0, 0.05) is 54.9 Å². The van der Waals surface area contributed by atoms with Crippen molar-refractivity contribution in [2.24, 2.45) is 0 Å². The van der Waals surface area contributed by atoms with Crippen molar-refractivity contribution in [2.45, 2.75) is 13.5 Å². The number of aryl methyl sites for hydroxylation is 1. The number of furan rings is 1. The fourth-order valence-corrected chi connectivity index (χ4v) is 4.61. The number of nitrogens with zero attached hydrogens (tertiary/aromatic N) is 2. The Balaban J connectivity index is 1.38. The maximum absolute atomic E-state index is 6.18. The van der Waals surface area contributed by atoms with Crippen LogP contribution in [-0.4, -0.2) is 38.2 Å². The Morgan fingerprint density at radius 2 is 1.55 bits per heavy atom. The number of benzene rings is 3. The molecule has 1 fully saturated rings. The van der Waals surface area contributed by atoms with Gasteiger partial charge in [-0.3, -0.25) is 4.90 Å². The first-order valence-electron chi connectivity index (χ1n) is 10.9. The molecule has 0 saturated carbocycles. The van der Waals surface area contributed by atoms with Gasteiger partial charge in [-0.15, -0.1) is 0 Å². The Hall–Kier alpha value is -3.24. The first-order chi connectivity index (χ1) is 15.2. The van der Waals surface area contributed by atoms with Crippen molar-refractivity contribution in [3.8, 4) is 16.9 Å². The van der Waals surface area contributed by atoms with E-state index in [1.165, 1.54) is 16.8 Å². The third kappa shape index (κ3) is 3.91. The van der Waals surface area contributed by atoms with Crippen LogP contribution in [0.5, 0.6) is 5.75 Å². The molecule has 0 bridgehead atoms. The minimum atomic E-state index is 0.863. The molecule has 2 heterocycles. The summed E-state index contributed by atoms with van der Waals surface area (Å²) in [5, 5.41) is 1.11. The number of fused-ring (bicyclic) bond motifs is 1. The molecule has 0 atom stereocenters. The number of ether oxygens (including phenoxy) is 1. The summed E-state index contributed by atoms with van der Waals surface area (Å²) in [5.41, 5.74) is 5.73. The molecular weight excluding hydrogens is 384 g/mol. The molecule has 1 aliphatic rings. The van der Waals surface area contributed by atoms with Gasteiger partial charge in [0.05, 0.1) is 7.11 Å². The molecule has 3 aromatic carbocycles. The van der Waals surface area contributed by atoms with Crippen LogP contribution in [0.1, 0.15) is 11.3 Å². The quantitative estimate of drug-likeness (QED) is 0.418. The van der Waals surface area contributed by atoms with E-state index >= 15 is 0 Å². The zero-order chi connectivity index (χ0) is 21.2. The van der Waals surface area contributed by atoms with Gasteiger partial charge in [0.1, 0.15) is 17.1 Å². The van der Waals surface area contributed by atoms with Gasteiger partial charge >= 0.3 is 0 Å². The van der Waals surface area contributed by atoms with E-state index in [1.807, 2.05) is 13.0 Å². The Kier molecular flexibility index (Phi) is 5.39. The van der Waals surface area contributed by atoms with Crippen LogP contribution in [0, 0.1) is 6.92 Å². The number of rotatable bonds is 5. The molecule has 1 aromatic heterocycles. The molecule has 1 saturated heterocycles. The molecule has 0 aliphatic carbocycles. The highest BCUT2D eigenvalue weighted by molar-refractivity contribution is 5.97. The summed E-state index contributed by atoms with van der Waals surface area (Å²) in [6.07, 6.45) is 0. The smallest absolute Gasteiger partial charge is 0.135 e. The normalized spacial score (nSPS) is 14.8. The van der Waals surface area contributed by atoms with Crippen molar-refractivity contribution >= 4 is 16.7 Å². The summed E-state index contributed by atoms with van der Waals surface area (Å²) in [5.74, 6) is 1.87. The third-order valence-corrected chi connectivity index (χ3v) is 6.22. The summed E-state index contributed by atoms with van der Waals surface area (Å²) in [6.45, 7) is 7.03. The molecule has 0 unspecified atom stereocenters. The van der Waals surface area contributed by atoms with Gasteiger partial charge in [-0.2, -0.15) is 0 Å². The second kappa shape index (κ2) is 8.48. The lowest BCUT2D eigenvalue weighted by atomic mass is 10.0. The Bertz CT molecular complexity index is 1160. The summed E-state index contributed by atoms with van der Waals surface area (Å²) in [6, 6.07) is 25.4. The van der Waals surface area contributed by atoms with Crippen LogP contribution in [0.3, 0.4) is 0 Å². The molecule has 0 spiro atoms. The van der Waals surface area contributed by atoms with Crippen molar-refractivity contribution in [1.29, 1.82) is 0 Å². The molecule has 4 aromatic rings. The predicted octanol–water partition coefficient (Wildman–Crippen LogP) is 5.74. The van der Waals surface area contributed by atoms with Crippen molar-refractivity contribution in [3.63, 3.8) is 0 Å². The lowest BCUT2D eigenvalue weighted by molar-refractivity contribution is 0.246. The highest BCUT2D eigenvalue weighted by Gasteiger charge is 2.21. The molecule has 0 N–H and O–H groups in total. The van der Waals surface area contributed by atoms with Gasteiger partial charge in [-0.1, -0.05) is 48.5 Å². The minimum absolute atomic E-state index is 0.863. The highest BCUT2D eigenvalue weighted by atomic mass is 16.5. The number of methoxy groups -OCH3 is 1. The Morgan fingerprint density at radius 1 is 0.871 bits per heavy atom.